The Hall–Kier alpha value is -1.58. The SMILES string of the molecule is Cc1nc(-c2cnn(C(C)C)c2)oc1C. The number of hydrogen-bond donors (Lipinski definition) is 0. The summed E-state index contributed by atoms with van der Waals surface area (Å²) in [6, 6.07) is 0.357. The summed E-state index contributed by atoms with van der Waals surface area (Å²) in [5.74, 6) is 1.51. The summed E-state index contributed by atoms with van der Waals surface area (Å²) in [5, 5.41) is 4.25. The lowest BCUT2D eigenvalue weighted by atomic mass is 10.3. The van der Waals surface area contributed by atoms with Crippen molar-refractivity contribution < 1.29 is 4.42 Å². The van der Waals surface area contributed by atoms with E-state index in [0.29, 0.717) is 11.9 Å². The van der Waals surface area contributed by atoms with E-state index in [1.165, 1.54) is 0 Å². The van der Waals surface area contributed by atoms with Gasteiger partial charge in [-0.3, -0.25) is 4.68 Å². The van der Waals surface area contributed by atoms with Crippen LogP contribution in [0.1, 0.15) is 31.3 Å². The van der Waals surface area contributed by atoms with Gasteiger partial charge in [0.25, 0.3) is 0 Å². The van der Waals surface area contributed by atoms with Crippen LogP contribution in [0.15, 0.2) is 16.8 Å². The highest BCUT2D eigenvalue weighted by Crippen LogP contribution is 2.21. The average molecular weight is 205 g/mol. The number of hydrogen-bond acceptors (Lipinski definition) is 3. The lowest BCUT2D eigenvalue weighted by molar-refractivity contribution is 0.530. The van der Waals surface area contributed by atoms with Crippen LogP contribution in [-0.2, 0) is 0 Å². The van der Waals surface area contributed by atoms with E-state index in [-0.39, 0.29) is 0 Å². The van der Waals surface area contributed by atoms with Crippen molar-refractivity contribution in [1.29, 1.82) is 0 Å². The van der Waals surface area contributed by atoms with Crippen LogP contribution < -0.4 is 0 Å². The van der Waals surface area contributed by atoms with Crippen molar-refractivity contribution >= 4 is 0 Å². The minimum atomic E-state index is 0.357. The van der Waals surface area contributed by atoms with E-state index in [2.05, 4.69) is 23.9 Å². The summed E-state index contributed by atoms with van der Waals surface area (Å²) >= 11 is 0. The molecule has 0 N–H and O–H groups in total. The maximum absolute atomic E-state index is 5.53. The first-order chi connectivity index (χ1) is 7.08. The topological polar surface area (TPSA) is 43.9 Å². The quantitative estimate of drug-likeness (QED) is 0.757. The molecule has 15 heavy (non-hydrogen) atoms. The Morgan fingerprint density at radius 1 is 1.33 bits per heavy atom. The molecule has 0 spiro atoms. The maximum Gasteiger partial charge on any atom is 0.229 e. The molecule has 0 aliphatic carbocycles. The molecular formula is C11H15N3O. The second kappa shape index (κ2) is 3.53. The predicted molar refractivity (Wildman–Crippen MR) is 57.6 cm³/mol. The molecule has 0 amide bonds. The largest absolute Gasteiger partial charge is 0.441 e. The molecule has 0 saturated carbocycles. The summed E-state index contributed by atoms with van der Waals surface area (Å²) in [6.45, 7) is 8.03. The van der Waals surface area contributed by atoms with E-state index in [9.17, 15) is 0 Å². The lowest BCUT2D eigenvalue weighted by Gasteiger charge is -2.02. The van der Waals surface area contributed by atoms with Gasteiger partial charge in [-0.1, -0.05) is 0 Å². The Kier molecular flexibility index (Phi) is 2.34. The van der Waals surface area contributed by atoms with E-state index in [1.54, 1.807) is 6.20 Å². The summed E-state index contributed by atoms with van der Waals surface area (Å²) in [7, 11) is 0. The first kappa shape index (κ1) is 9.96. The third-order valence-electron chi connectivity index (χ3n) is 2.41. The van der Waals surface area contributed by atoms with E-state index in [4.69, 9.17) is 4.42 Å². The first-order valence-electron chi connectivity index (χ1n) is 5.06. The third kappa shape index (κ3) is 1.79. The van der Waals surface area contributed by atoms with Crippen LogP contribution >= 0.6 is 0 Å². The molecule has 4 heteroatoms. The van der Waals surface area contributed by atoms with Crippen LogP contribution in [0.4, 0.5) is 0 Å². The molecule has 0 aromatic carbocycles. The molecule has 0 aliphatic rings. The third-order valence-corrected chi connectivity index (χ3v) is 2.41. The molecule has 0 saturated heterocycles. The Bertz CT molecular complexity index is 448. The minimum absolute atomic E-state index is 0.357. The van der Waals surface area contributed by atoms with E-state index < -0.39 is 0 Å². The van der Waals surface area contributed by atoms with Crippen LogP contribution in [0.25, 0.3) is 11.5 Å². The molecule has 80 valence electrons. The first-order valence-corrected chi connectivity index (χ1v) is 5.06. The van der Waals surface area contributed by atoms with Crippen molar-refractivity contribution in [3.63, 3.8) is 0 Å². The zero-order valence-corrected chi connectivity index (χ0v) is 9.48. The normalized spacial score (nSPS) is 11.3. The fourth-order valence-electron chi connectivity index (χ4n) is 1.33. The van der Waals surface area contributed by atoms with Crippen molar-refractivity contribution in [3.8, 4) is 11.5 Å². The van der Waals surface area contributed by atoms with Gasteiger partial charge in [0.05, 0.1) is 17.5 Å². The van der Waals surface area contributed by atoms with Crippen molar-refractivity contribution in [2.75, 3.05) is 0 Å². The van der Waals surface area contributed by atoms with Gasteiger partial charge in [0.15, 0.2) is 0 Å². The molecular weight excluding hydrogens is 190 g/mol. The molecule has 2 aromatic heterocycles. The average Bonchev–Trinajstić information content (AvgIpc) is 2.74. The van der Waals surface area contributed by atoms with Gasteiger partial charge in [-0.25, -0.2) is 4.98 Å². The Morgan fingerprint density at radius 2 is 2.07 bits per heavy atom. The van der Waals surface area contributed by atoms with E-state index >= 15 is 0 Å². The van der Waals surface area contributed by atoms with Gasteiger partial charge in [-0.15, -0.1) is 0 Å². The second-order valence-corrected chi connectivity index (χ2v) is 3.96. The zero-order chi connectivity index (χ0) is 11.0. The fourth-order valence-corrected chi connectivity index (χ4v) is 1.33. The second-order valence-electron chi connectivity index (χ2n) is 3.96. The number of rotatable bonds is 2. The van der Waals surface area contributed by atoms with Crippen molar-refractivity contribution in [2.45, 2.75) is 33.7 Å². The van der Waals surface area contributed by atoms with Gasteiger partial charge in [-0.05, 0) is 27.7 Å². The van der Waals surface area contributed by atoms with Crippen LogP contribution in [0.5, 0.6) is 0 Å². The highest BCUT2D eigenvalue weighted by molar-refractivity contribution is 5.50. The lowest BCUT2D eigenvalue weighted by Crippen LogP contribution is -1.99. The van der Waals surface area contributed by atoms with Gasteiger partial charge >= 0.3 is 0 Å². The molecule has 0 fully saturated rings. The van der Waals surface area contributed by atoms with Crippen LogP contribution in [0.2, 0.25) is 0 Å². The smallest absolute Gasteiger partial charge is 0.229 e. The molecule has 2 aromatic rings. The fraction of sp³-hybridized carbons (Fsp3) is 0.455. The number of nitrogens with zero attached hydrogens (tertiary/aromatic N) is 3. The van der Waals surface area contributed by atoms with Gasteiger partial charge in [0.1, 0.15) is 5.76 Å². The van der Waals surface area contributed by atoms with Gasteiger partial charge < -0.3 is 4.42 Å². The highest BCUT2D eigenvalue weighted by atomic mass is 16.4. The van der Waals surface area contributed by atoms with Crippen LogP contribution in [-0.4, -0.2) is 14.8 Å². The maximum atomic E-state index is 5.53. The summed E-state index contributed by atoms with van der Waals surface area (Å²) in [6.07, 6.45) is 3.74. The summed E-state index contributed by atoms with van der Waals surface area (Å²) < 4.78 is 7.42. The van der Waals surface area contributed by atoms with Crippen molar-refractivity contribution in [3.05, 3.63) is 23.8 Å². The highest BCUT2D eigenvalue weighted by Gasteiger charge is 2.10. The molecule has 2 heterocycles. The minimum Gasteiger partial charge on any atom is -0.441 e. The van der Waals surface area contributed by atoms with Crippen molar-refractivity contribution in [2.24, 2.45) is 0 Å². The standard InChI is InChI=1S/C11H15N3O/c1-7(2)14-6-10(5-12-14)11-13-8(3)9(4)15-11/h5-7H,1-4H3. The molecule has 0 radical (unpaired) electrons. The summed E-state index contributed by atoms with van der Waals surface area (Å²) in [4.78, 5) is 4.33. The van der Waals surface area contributed by atoms with Crippen molar-refractivity contribution in [1.82, 2.24) is 14.8 Å². The zero-order valence-electron chi connectivity index (χ0n) is 9.48. The Morgan fingerprint density at radius 3 is 2.53 bits per heavy atom. The molecule has 4 nitrogen and oxygen atoms in total. The number of aryl methyl sites for hydroxylation is 2. The van der Waals surface area contributed by atoms with Gasteiger partial charge in [0.2, 0.25) is 5.89 Å². The van der Waals surface area contributed by atoms with Gasteiger partial charge in [0, 0.05) is 12.2 Å². The molecule has 0 atom stereocenters. The molecule has 0 unspecified atom stereocenters. The molecule has 2 rings (SSSR count). The van der Waals surface area contributed by atoms with Crippen LogP contribution in [0.3, 0.4) is 0 Å². The van der Waals surface area contributed by atoms with E-state index in [0.717, 1.165) is 17.0 Å². The Labute approximate surface area is 88.9 Å². The number of aromatic nitrogens is 3. The van der Waals surface area contributed by atoms with E-state index in [1.807, 2.05) is 24.7 Å². The van der Waals surface area contributed by atoms with Crippen LogP contribution in [0, 0.1) is 13.8 Å². The monoisotopic (exact) mass is 205 g/mol. The number of oxazole rings is 1. The predicted octanol–water partition coefficient (Wildman–Crippen LogP) is 2.74. The summed E-state index contributed by atoms with van der Waals surface area (Å²) in [5.41, 5.74) is 1.86. The van der Waals surface area contributed by atoms with Gasteiger partial charge in [-0.2, -0.15) is 5.10 Å². The molecule has 0 aliphatic heterocycles. The Balaban J connectivity index is 2.37. The molecule has 0 bridgehead atoms.